The van der Waals surface area contributed by atoms with Gasteiger partial charge in [0.05, 0.1) is 17.4 Å². The summed E-state index contributed by atoms with van der Waals surface area (Å²) < 4.78 is 30.1. The van der Waals surface area contributed by atoms with Gasteiger partial charge >= 0.3 is 0 Å². The van der Waals surface area contributed by atoms with Crippen molar-refractivity contribution in [3.8, 4) is 5.88 Å². The van der Waals surface area contributed by atoms with Gasteiger partial charge in [0.25, 0.3) is 5.91 Å². The van der Waals surface area contributed by atoms with Crippen LogP contribution in [0.1, 0.15) is 39.5 Å². The number of carbonyl (C=O) groups excluding carboxylic acids is 1. The van der Waals surface area contributed by atoms with Crippen molar-refractivity contribution in [2.24, 2.45) is 0 Å². The number of thiophene rings is 1. The van der Waals surface area contributed by atoms with Gasteiger partial charge in [0, 0.05) is 32.3 Å². The van der Waals surface area contributed by atoms with Crippen LogP contribution in [0.4, 0.5) is 4.39 Å². The Labute approximate surface area is 189 Å². The third kappa shape index (κ3) is 4.32. The summed E-state index contributed by atoms with van der Waals surface area (Å²) in [4.78, 5) is 23.4. The second-order valence-electron chi connectivity index (χ2n) is 7.90. The second kappa shape index (κ2) is 9.48. The third-order valence-corrected chi connectivity index (χ3v) is 7.13. The van der Waals surface area contributed by atoms with E-state index in [0.717, 1.165) is 16.5 Å². The molecule has 1 N–H and O–H groups in total. The lowest BCUT2D eigenvalue weighted by molar-refractivity contribution is 0.0486. The number of ether oxygens (including phenoxy) is 3. The molecule has 0 bridgehead atoms. The number of benzene rings is 1. The van der Waals surface area contributed by atoms with Gasteiger partial charge < -0.3 is 19.5 Å². The first-order valence-corrected chi connectivity index (χ1v) is 11.2. The minimum Gasteiger partial charge on any atom is -0.480 e. The molecule has 3 heterocycles. The number of fused-ring (bicyclic) bond motifs is 1. The van der Waals surface area contributed by atoms with Gasteiger partial charge in [-0.05, 0) is 43.0 Å². The van der Waals surface area contributed by atoms with E-state index in [4.69, 9.17) is 14.2 Å². The maximum Gasteiger partial charge on any atom is 0.261 e. The second-order valence-corrected chi connectivity index (χ2v) is 8.90. The number of carbonyl (C=O) groups is 1. The topological polar surface area (TPSA) is 82.6 Å². The SMILES string of the molecule is COCc1nc(OC)c2c(C)c(C(=O)NCC3(c4cccc(F)c4)CCOCC3)sc2n1. The Morgan fingerprint density at radius 3 is 2.75 bits per heavy atom. The molecule has 1 aromatic carbocycles. The Morgan fingerprint density at radius 1 is 1.28 bits per heavy atom. The van der Waals surface area contributed by atoms with E-state index < -0.39 is 0 Å². The zero-order valence-corrected chi connectivity index (χ0v) is 19.2. The number of hydrogen-bond donors (Lipinski definition) is 1. The number of methoxy groups -OCH3 is 2. The Hall–Kier alpha value is -2.62. The first-order chi connectivity index (χ1) is 15.5. The molecule has 0 atom stereocenters. The molecule has 32 heavy (non-hydrogen) atoms. The molecule has 0 spiro atoms. The lowest BCUT2D eigenvalue weighted by Crippen LogP contribution is -2.44. The number of nitrogens with zero attached hydrogens (tertiary/aromatic N) is 2. The highest BCUT2D eigenvalue weighted by Gasteiger charge is 2.35. The number of aromatic nitrogens is 2. The van der Waals surface area contributed by atoms with E-state index in [0.29, 0.717) is 54.0 Å². The summed E-state index contributed by atoms with van der Waals surface area (Å²) in [5.41, 5.74) is 1.28. The number of halogens is 1. The molecule has 3 aromatic rings. The quantitative estimate of drug-likeness (QED) is 0.579. The van der Waals surface area contributed by atoms with Crippen LogP contribution in [0.3, 0.4) is 0 Å². The summed E-state index contributed by atoms with van der Waals surface area (Å²) in [5, 5.41) is 3.82. The lowest BCUT2D eigenvalue weighted by atomic mass is 9.74. The number of aryl methyl sites for hydroxylation is 1. The van der Waals surface area contributed by atoms with Gasteiger partial charge in [0.1, 0.15) is 17.3 Å². The summed E-state index contributed by atoms with van der Waals surface area (Å²) in [7, 11) is 3.12. The van der Waals surface area contributed by atoms with E-state index >= 15 is 0 Å². The van der Waals surface area contributed by atoms with Crippen LogP contribution in [0.2, 0.25) is 0 Å². The van der Waals surface area contributed by atoms with Crippen LogP contribution in [0.25, 0.3) is 10.2 Å². The normalized spacial score (nSPS) is 15.6. The minimum absolute atomic E-state index is 0.192. The maximum absolute atomic E-state index is 13.9. The summed E-state index contributed by atoms with van der Waals surface area (Å²) in [5.74, 6) is 0.452. The van der Waals surface area contributed by atoms with Crippen LogP contribution in [0.15, 0.2) is 24.3 Å². The smallest absolute Gasteiger partial charge is 0.261 e. The van der Waals surface area contributed by atoms with Crippen molar-refractivity contribution >= 4 is 27.5 Å². The van der Waals surface area contributed by atoms with Gasteiger partial charge in [-0.3, -0.25) is 4.79 Å². The lowest BCUT2D eigenvalue weighted by Gasteiger charge is -2.38. The fraction of sp³-hybridized carbons (Fsp3) is 0.435. The van der Waals surface area contributed by atoms with Gasteiger partial charge in [-0.1, -0.05) is 12.1 Å². The fourth-order valence-corrected chi connectivity index (χ4v) is 5.29. The molecule has 1 aliphatic heterocycles. The molecule has 0 saturated carbocycles. The largest absolute Gasteiger partial charge is 0.480 e. The molecule has 4 rings (SSSR count). The summed E-state index contributed by atoms with van der Waals surface area (Å²) in [6.45, 7) is 3.66. The zero-order chi connectivity index (χ0) is 22.7. The molecular formula is C23H26FN3O4S. The van der Waals surface area contributed by atoms with Gasteiger partial charge in [0.2, 0.25) is 5.88 Å². The van der Waals surface area contributed by atoms with Crippen LogP contribution in [-0.2, 0) is 21.5 Å². The first kappa shape index (κ1) is 22.6. The van der Waals surface area contributed by atoms with Crippen LogP contribution < -0.4 is 10.1 Å². The van der Waals surface area contributed by atoms with Crippen LogP contribution in [0, 0.1) is 12.7 Å². The standard InChI is InChI=1S/C23H26FN3O4S/c1-14-18-21(30-3)26-17(12-29-2)27-22(18)32-19(14)20(28)25-13-23(7-9-31-10-8-23)15-5-4-6-16(24)11-15/h4-6,11H,7-10,12-13H2,1-3H3,(H,25,28). The maximum atomic E-state index is 13.9. The van der Waals surface area contributed by atoms with E-state index in [1.165, 1.54) is 17.4 Å². The third-order valence-electron chi connectivity index (χ3n) is 5.95. The molecule has 0 radical (unpaired) electrons. The number of amides is 1. The Kier molecular flexibility index (Phi) is 6.68. The zero-order valence-electron chi connectivity index (χ0n) is 18.4. The summed E-state index contributed by atoms with van der Waals surface area (Å²) in [6.07, 6.45) is 1.42. The Bertz CT molecular complexity index is 1130. The van der Waals surface area contributed by atoms with Crippen LogP contribution in [-0.4, -0.2) is 49.9 Å². The summed E-state index contributed by atoms with van der Waals surface area (Å²) in [6, 6.07) is 6.62. The Balaban J connectivity index is 1.62. The number of nitrogens with one attached hydrogen (secondary N) is 1. The van der Waals surface area contributed by atoms with Crippen molar-refractivity contribution in [1.82, 2.24) is 15.3 Å². The van der Waals surface area contributed by atoms with Crippen molar-refractivity contribution in [2.75, 3.05) is 34.0 Å². The number of hydrogen-bond acceptors (Lipinski definition) is 7. The van der Waals surface area contributed by atoms with Crippen molar-refractivity contribution < 1.29 is 23.4 Å². The first-order valence-electron chi connectivity index (χ1n) is 10.4. The van der Waals surface area contributed by atoms with Gasteiger partial charge in [-0.2, -0.15) is 4.98 Å². The molecule has 7 nitrogen and oxygen atoms in total. The highest BCUT2D eigenvalue weighted by atomic mass is 32.1. The average Bonchev–Trinajstić information content (AvgIpc) is 3.14. The van der Waals surface area contributed by atoms with Crippen molar-refractivity contribution in [3.63, 3.8) is 0 Å². The fourth-order valence-electron chi connectivity index (χ4n) is 4.18. The summed E-state index contributed by atoms with van der Waals surface area (Å²) >= 11 is 1.30. The molecule has 0 aliphatic carbocycles. The number of rotatable bonds is 7. The minimum atomic E-state index is -0.371. The van der Waals surface area contributed by atoms with Crippen LogP contribution in [0.5, 0.6) is 5.88 Å². The van der Waals surface area contributed by atoms with E-state index in [-0.39, 0.29) is 23.7 Å². The van der Waals surface area contributed by atoms with Gasteiger partial charge in [0.15, 0.2) is 5.82 Å². The molecule has 170 valence electrons. The van der Waals surface area contributed by atoms with E-state index in [9.17, 15) is 9.18 Å². The van der Waals surface area contributed by atoms with Gasteiger partial charge in [-0.15, -0.1) is 11.3 Å². The van der Waals surface area contributed by atoms with E-state index in [2.05, 4.69) is 15.3 Å². The van der Waals surface area contributed by atoms with Crippen molar-refractivity contribution in [3.05, 3.63) is 51.9 Å². The molecule has 0 unspecified atom stereocenters. The van der Waals surface area contributed by atoms with Crippen molar-refractivity contribution in [1.29, 1.82) is 0 Å². The molecule has 1 fully saturated rings. The Morgan fingerprint density at radius 2 is 2.06 bits per heavy atom. The predicted octanol–water partition coefficient (Wildman–Crippen LogP) is 3.77. The average molecular weight is 460 g/mol. The van der Waals surface area contributed by atoms with Crippen LogP contribution >= 0.6 is 11.3 Å². The van der Waals surface area contributed by atoms with E-state index in [1.54, 1.807) is 26.4 Å². The van der Waals surface area contributed by atoms with Gasteiger partial charge in [-0.25, -0.2) is 9.37 Å². The molecule has 1 aliphatic rings. The molecular weight excluding hydrogens is 433 g/mol. The highest BCUT2D eigenvalue weighted by Crippen LogP contribution is 2.37. The molecule has 1 saturated heterocycles. The molecule has 1 amide bonds. The molecule has 2 aromatic heterocycles. The predicted molar refractivity (Wildman–Crippen MR) is 120 cm³/mol. The highest BCUT2D eigenvalue weighted by molar-refractivity contribution is 7.20. The monoisotopic (exact) mass is 459 g/mol. The van der Waals surface area contributed by atoms with Crippen molar-refractivity contribution in [2.45, 2.75) is 31.8 Å². The molecule has 9 heteroatoms. The van der Waals surface area contributed by atoms with E-state index in [1.807, 2.05) is 13.0 Å².